The van der Waals surface area contributed by atoms with Crippen molar-refractivity contribution in [1.29, 1.82) is 0 Å². The van der Waals surface area contributed by atoms with E-state index in [9.17, 15) is 9.59 Å². The molecule has 0 bridgehead atoms. The number of amides is 2. The molecular weight excluding hydrogens is 354 g/mol. The maximum atomic E-state index is 12.5. The van der Waals surface area contributed by atoms with Crippen LogP contribution in [0.5, 0.6) is 0 Å². The highest BCUT2D eigenvalue weighted by Crippen LogP contribution is 2.24. The number of nitrogens with zero attached hydrogens (tertiary/aromatic N) is 3. The van der Waals surface area contributed by atoms with Crippen molar-refractivity contribution in [2.24, 2.45) is 0 Å². The topological polar surface area (TPSA) is 64.1 Å². The second-order valence-electron chi connectivity index (χ2n) is 7.67. The van der Waals surface area contributed by atoms with Crippen LogP contribution in [0.3, 0.4) is 0 Å². The van der Waals surface area contributed by atoms with Crippen molar-refractivity contribution in [1.82, 2.24) is 9.80 Å². The van der Waals surface area contributed by atoms with Crippen molar-refractivity contribution in [2.45, 2.75) is 52.0 Å². The van der Waals surface area contributed by atoms with E-state index in [0.29, 0.717) is 19.6 Å². The summed E-state index contributed by atoms with van der Waals surface area (Å²) < 4.78 is 0. The first kappa shape index (κ1) is 22.4. The van der Waals surface area contributed by atoms with Gasteiger partial charge in [0.2, 0.25) is 11.8 Å². The van der Waals surface area contributed by atoms with Crippen molar-refractivity contribution < 1.29 is 14.7 Å². The molecule has 0 saturated carbocycles. The molecule has 2 amide bonds. The fraction of sp³-hybridized carbons (Fsp3) is 0.636. The number of carbonyl (C=O) groups excluding carboxylic acids is 2. The normalized spacial score (nSPS) is 17.0. The number of fused-ring (bicyclic) bond motifs is 1. The molecule has 1 aromatic rings. The van der Waals surface area contributed by atoms with Gasteiger partial charge in [-0.3, -0.25) is 14.5 Å². The smallest absolute Gasteiger partial charge is 0.236 e. The van der Waals surface area contributed by atoms with E-state index in [1.807, 2.05) is 23.1 Å². The number of rotatable bonds is 4. The van der Waals surface area contributed by atoms with Crippen LogP contribution in [0.4, 0.5) is 5.69 Å². The van der Waals surface area contributed by atoms with Gasteiger partial charge in [0.15, 0.2) is 0 Å². The maximum absolute atomic E-state index is 12.5. The summed E-state index contributed by atoms with van der Waals surface area (Å²) in [4.78, 5) is 30.4. The molecule has 28 heavy (non-hydrogen) atoms. The molecule has 1 aliphatic rings. The van der Waals surface area contributed by atoms with Gasteiger partial charge in [-0.25, -0.2) is 0 Å². The number of aliphatic hydroxyl groups is 1. The second-order valence-corrected chi connectivity index (χ2v) is 7.67. The zero-order chi connectivity index (χ0) is 20.4. The Bertz CT molecular complexity index is 635. The van der Waals surface area contributed by atoms with Gasteiger partial charge in [0.05, 0.1) is 13.2 Å². The van der Waals surface area contributed by atoms with Gasteiger partial charge in [-0.15, -0.1) is 0 Å². The SMILES string of the molecule is CC(=O)N1CCCCCCCCN(CC(=O)N(C)CCO)Cc2ccccc21. The van der Waals surface area contributed by atoms with Crippen LogP contribution in [0.2, 0.25) is 0 Å². The quantitative estimate of drug-likeness (QED) is 0.860. The van der Waals surface area contributed by atoms with Crippen molar-refractivity contribution >= 4 is 17.5 Å². The number of para-hydroxylation sites is 1. The standard InChI is InChI=1S/C22H35N3O3/c1-19(27)25-14-10-6-4-3-5-9-13-24(18-22(28)23(2)15-16-26)17-20-11-7-8-12-21(20)25/h7-8,11-12,26H,3-6,9-10,13-18H2,1-2H3. The highest BCUT2D eigenvalue weighted by Gasteiger charge is 2.19. The predicted molar refractivity (Wildman–Crippen MR) is 112 cm³/mol. The molecule has 1 aliphatic heterocycles. The molecule has 6 nitrogen and oxygen atoms in total. The molecule has 0 fully saturated rings. The predicted octanol–water partition coefficient (Wildman–Crippen LogP) is 2.65. The molecule has 0 aliphatic carbocycles. The van der Waals surface area contributed by atoms with E-state index in [1.54, 1.807) is 18.9 Å². The lowest BCUT2D eigenvalue weighted by atomic mass is 10.1. The first-order valence-electron chi connectivity index (χ1n) is 10.5. The highest BCUT2D eigenvalue weighted by atomic mass is 16.3. The van der Waals surface area contributed by atoms with Crippen LogP contribution in [0.1, 0.15) is 51.0 Å². The summed E-state index contributed by atoms with van der Waals surface area (Å²) >= 11 is 0. The van der Waals surface area contributed by atoms with Crippen LogP contribution in [0.15, 0.2) is 24.3 Å². The summed E-state index contributed by atoms with van der Waals surface area (Å²) in [6.45, 7) is 4.50. The molecule has 2 rings (SSSR count). The van der Waals surface area contributed by atoms with Crippen LogP contribution < -0.4 is 4.90 Å². The molecule has 0 spiro atoms. The summed E-state index contributed by atoms with van der Waals surface area (Å²) in [7, 11) is 1.73. The van der Waals surface area contributed by atoms with Crippen molar-refractivity contribution in [3.8, 4) is 0 Å². The van der Waals surface area contributed by atoms with E-state index in [-0.39, 0.29) is 18.4 Å². The molecule has 1 heterocycles. The lowest BCUT2D eigenvalue weighted by molar-refractivity contribution is -0.131. The Balaban J connectivity index is 2.23. The van der Waals surface area contributed by atoms with Gasteiger partial charge in [-0.2, -0.15) is 0 Å². The lowest BCUT2D eigenvalue weighted by Crippen LogP contribution is -2.40. The zero-order valence-electron chi connectivity index (χ0n) is 17.4. The molecule has 6 heteroatoms. The van der Waals surface area contributed by atoms with E-state index >= 15 is 0 Å². The lowest BCUT2D eigenvalue weighted by Gasteiger charge is -2.28. The summed E-state index contributed by atoms with van der Waals surface area (Å²) in [5, 5.41) is 9.09. The van der Waals surface area contributed by atoms with E-state index in [0.717, 1.165) is 50.0 Å². The van der Waals surface area contributed by atoms with Crippen LogP contribution in [0.25, 0.3) is 0 Å². The molecule has 0 radical (unpaired) electrons. The van der Waals surface area contributed by atoms with Crippen LogP contribution in [0, 0.1) is 0 Å². The van der Waals surface area contributed by atoms with Crippen LogP contribution in [-0.4, -0.2) is 66.6 Å². The Morgan fingerprint density at radius 1 is 1.04 bits per heavy atom. The highest BCUT2D eigenvalue weighted by molar-refractivity contribution is 5.92. The average molecular weight is 390 g/mol. The Kier molecular flexibility index (Phi) is 9.44. The Hall–Kier alpha value is -1.92. The maximum Gasteiger partial charge on any atom is 0.236 e. The molecular formula is C22H35N3O3. The molecule has 0 aromatic heterocycles. The first-order valence-corrected chi connectivity index (χ1v) is 10.5. The van der Waals surface area contributed by atoms with Crippen molar-refractivity contribution in [2.75, 3.05) is 44.7 Å². The number of aliphatic hydroxyl groups excluding tert-OH is 1. The van der Waals surface area contributed by atoms with Gasteiger partial charge in [-0.05, 0) is 31.0 Å². The Morgan fingerprint density at radius 3 is 2.36 bits per heavy atom. The third-order valence-electron chi connectivity index (χ3n) is 5.38. The number of hydrogen-bond acceptors (Lipinski definition) is 4. The van der Waals surface area contributed by atoms with E-state index in [2.05, 4.69) is 11.0 Å². The molecule has 0 atom stereocenters. The molecule has 156 valence electrons. The fourth-order valence-corrected chi connectivity index (χ4v) is 3.71. The summed E-state index contributed by atoms with van der Waals surface area (Å²) in [6, 6.07) is 8.03. The monoisotopic (exact) mass is 389 g/mol. The Labute approximate surface area is 169 Å². The van der Waals surface area contributed by atoms with Gasteiger partial charge < -0.3 is 14.9 Å². The summed E-state index contributed by atoms with van der Waals surface area (Å²) in [5.74, 6) is 0.0758. The van der Waals surface area contributed by atoms with Gasteiger partial charge in [-0.1, -0.05) is 43.9 Å². The minimum absolute atomic E-state index is 0.0132. The van der Waals surface area contributed by atoms with Gasteiger partial charge in [0, 0.05) is 39.3 Å². The summed E-state index contributed by atoms with van der Waals surface area (Å²) in [5.41, 5.74) is 2.03. The third kappa shape index (κ3) is 6.91. The molecule has 1 aromatic carbocycles. The van der Waals surface area contributed by atoms with Crippen molar-refractivity contribution in [3.63, 3.8) is 0 Å². The third-order valence-corrected chi connectivity index (χ3v) is 5.38. The fourth-order valence-electron chi connectivity index (χ4n) is 3.71. The van der Waals surface area contributed by atoms with Gasteiger partial charge >= 0.3 is 0 Å². The number of anilines is 1. The number of carbonyl (C=O) groups is 2. The Morgan fingerprint density at radius 2 is 1.68 bits per heavy atom. The number of likely N-dealkylation sites (N-methyl/N-ethyl adjacent to an activating group) is 1. The number of benzene rings is 1. The van der Waals surface area contributed by atoms with Gasteiger partial charge in [0.1, 0.15) is 0 Å². The van der Waals surface area contributed by atoms with Crippen LogP contribution in [-0.2, 0) is 16.1 Å². The minimum atomic E-state index is -0.0291. The summed E-state index contributed by atoms with van der Waals surface area (Å²) in [6.07, 6.45) is 6.76. The second kappa shape index (κ2) is 11.8. The van der Waals surface area contributed by atoms with E-state index in [1.165, 1.54) is 12.8 Å². The molecule has 1 N–H and O–H groups in total. The first-order chi connectivity index (χ1) is 13.5. The van der Waals surface area contributed by atoms with Crippen LogP contribution >= 0.6 is 0 Å². The average Bonchev–Trinajstić information content (AvgIpc) is 2.68. The van der Waals surface area contributed by atoms with E-state index < -0.39 is 0 Å². The minimum Gasteiger partial charge on any atom is -0.395 e. The zero-order valence-corrected chi connectivity index (χ0v) is 17.4. The number of hydrogen-bond donors (Lipinski definition) is 1. The molecule has 0 saturated heterocycles. The van der Waals surface area contributed by atoms with Gasteiger partial charge in [0.25, 0.3) is 0 Å². The van der Waals surface area contributed by atoms with E-state index in [4.69, 9.17) is 5.11 Å². The molecule has 0 unspecified atom stereocenters. The largest absolute Gasteiger partial charge is 0.395 e. The van der Waals surface area contributed by atoms with Crippen molar-refractivity contribution in [3.05, 3.63) is 29.8 Å².